The largest absolute Gasteiger partial charge is 0.481 e. The molecule has 0 radical (unpaired) electrons. The zero-order chi connectivity index (χ0) is 15.9. The minimum atomic E-state index is -4.48. The van der Waals surface area contributed by atoms with E-state index in [1.807, 2.05) is 0 Å². The second-order valence-electron chi connectivity index (χ2n) is 5.25. The zero-order valence-corrected chi connectivity index (χ0v) is 11.5. The third-order valence-corrected chi connectivity index (χ3v) is 3.82. The highest BCUT2D eigenvalue weighted by molar-refractivity contribution is 5.76. The lowest BCUT2D eigenvalue weighted by Gasteiger charge is -2.19. The van der Waals surface area contributed by atoms with Crippen LogP contribution in [0.2, 0.25) is 0 Å². The molecule has 4 nitrogen and oxygen atoms in total. The number of aryl methyl sites for hydroxylation is 1. The van der Waals surface area contributed by atoms with Crippen LogP contribution >= 0.6 is 0 Å². The van der Waals surface area contributed by atoms with Gasteiger partial charge in [-0.2, -0.15) is 13.2 Å². The van der Waals surface area contributed by atoms with E-state index in [1.165, 1.54) is 24.4 Å². The summed E-state index contributed by atoms with van der Waals surface area (Å²) >= 11 is 0. The smallest absolute Gasteiger partial charge is 0.417 e. The molecule has 1 atom stereocenters. The molecule has 3 rings (SSSR count). The molecule has 1 aliphatic rings. The SMILES string of the molecule is O=C(O)C1CCCn2cc(-c3ccccc3C(F)(F)F)nc21. The lowest BCUT2D eigenvalue weighted by atomic mass is 9.99. The van der Waals surface area contributed by atoms with Gasteiger partial charge in [0.05, 0.1) is 11.3 Å². The molecule has 0 bridgehead atoms. The zero-order valence-electron chi connectivity index (χ0n) is 11.5. The number of aliphatic carboxylic acids is 1. The van der Waals surface area contributed by atoms with Gasteiger partial charge in [0, 0.05) is 18.3 Å². The van der Waals surface area contributed by atoms with Crippen LogP contribution in [0.25, 0.3) is 11.3 Å². The molecule has 0 spiro atoms. The molecule has 2 aromatic rings. The van der Waals surface area contributed by atoms with E-state index < -0.39 is 23.6 Å². The van der Waals surface area contributed by atoms with E-state index in [2.05, 4.69) is 4.98 Å². The summed E-state index contributed by atoms with van der Waals surface area (Å²) in [6.07, 6.45) is -1.85. The van der Waals surface area contributed by atoms with Crippen LogP contribution in [-0.2, 0) is 17.5 Å². The molecule has 116 valence electrons. The monoisotopic (exact) mass is 310 g/mol. The van der Waals surface area contributed by atoms with E-state index in [0.717, 1.165) is 6.07 Å². The first kappa shape index (κ1) is 14.6. The molecule has 1 aliphatic heterocycles. The van der Waals surface area contributed by atoms with Crippen molar-refractivity contribution >= 4 is 5.97 Å². The molecule has 1 unspecified atom stereocenters. The van der Waals surface area contributed by atoms with E-state index in [0.29, 0.717) is 25.2 Å². The number of carboxylic acid groups (broad SMARTS) is 1. The maximum atomic E-state index is 13.1. The Morgan fingerprint density at radius 2 is 2.05 bits per heavy atom. The number of aromatic nitrogens is 2. The van der Waals surface area contributed by atoms with Gasteiger partial charge in [0.1, 0.15) is 11.7 Å². The molecule has 0 fully saturated rings. The lowest BCUT2D eigenvalue weighted by molar-refractivity contribution is -0.139. The Morgan fingerprint density at radius 3 is 2.73 bits per heavy atom. The van der Waals surface area contributed by atoms with E-state index in [9.17, 15) is 23.1 Å². The van der Waals surface area contributed by atoms with Crippen LogP contribution in [0.1, 0.15) is 30.1 Å². The molecule has 0 aliphatic carbocycles. The molecule has 1 aromatic carbocycles. The molecule has 7 heteroatoms. The lowest BCUT2D eigenvalue weighted by Crippen LogP contribution is -2.21. The van der Waals surface area contributed by atoms with Crippen LogP contribution in [0.5, 0.6) is 0 Å². The number of benzene rings is 1. The highest BCUT2D eigenvalue weighted by Gasteiger charge is 2.35. The number of alkyl halides is 3. The number of halogens is 3. The van der Waals surface area contributed by atoms with Crippen molar-refractivity contribution in [2.24, 2.45) is 0 Å². The highest BCUT2D eigenvalue weighted by Crippen LogP contribution is 2.38. The summed E-state index contributed by atoms with van der Waals surface area (Å²) in [7, 11) is 0. The Bertz CT molecular complexity index is 722. The fourth-order valence-corrected chi connectivity index (χ4v) is 2.80. The van der Waals surface area contributed by atoms with Gasteiger partial charge in [0.25, 0.3) is 0 Å². The van der Waals surface area contributed by atoms with Gasteiger partial charge < -0.3 is 9.67 Å². The Hall–Kier alpha value is -2.31. The minimum Gasteiger partial charge on any atom is -0.481 e. The van der Waals surface area contributed by atoms with Crippen molar-refractivity contribution in [1.29, 1.82) is 0 Å². The van der Waals surface area contributed by atoms with Gasteiger partial charge >= 0.3 is 12.1 Å². The normalized spacial score (nSPS) is 18.0. The average Bonchev–Trinajstić information content (AvgIpc) is 2.89. The molecular weight excluding hydrogens is 297 g/mol. The van der Waals surface area contributed by atoms with E-state index in [1.54, 1.807) is 4.57 Å². The maximum Gasteiger partial charge on any atom is 0.417 e. The number of hydrogen-bond donors (Lipinski definition) is 1. The predicted molar refractivity (Wildman–Crippen MR) is 72.3 cm³/mol. The Balaban J connectivity index is 2.10. The van der Waals surface area contributed by atoms with Gasteiger partial charge in [-0.1, -0.05) is 18.2 Å². The van der Waals surface area contributed by atoms with Gasteiger partial charge in [-0.25, -0.2) is 4.98 Å². The van der Waals surface area contributed by atoms with Crippen molar-refractivity contribution < 1.29 is 23.1 Å². The van der Waals surface area contributed by atoms with E-state index in [4.69, 9.17) is 0 Å². The Morgan fingerprint density at radius 1 is 1.32 bits per heavy atom. The summed E-state index contributed by atoms with van der Waals surface area (Å²) in [5.41, 5.74) is -0.630. The summed E-state index contributed by atoms with van der Waals surface area (Å²) < 4.78 is 40.9. The third kappa shape index (κ3) is 2.47. The molecule has 2 heterocycles. The fourth-order valence-electron chi connectivity index (χ4n) is 2.80. The summed E-state index contributed by atoms with van der Waals surface area (Å²) in [5.74, 6) is -1.44. The van der Waals surface area contributed by atoms with Gasteiger partial charge in [0.15, 0.2) is 0 Å². The number of carboxylic acids is 1. The van der Waals surface area contributed by atoms with Crippen molar-refractivity contribution in [2.75, 3.05) is 0 Å². The molecule has 0 saturated carbocycles. The number of carbonyl (C=O) groups is 1. The standard InChI is InChI=1S/C15H13F3N2O2/c16-15(17,18)11-6-2-1-4-9(11)12-8-20-7-3-5-10(14(21)22)13(20)19-12/h1-2,4,6,8,10H,3,5,7H2,(H,21,22). The first-order chi connectivity index (χ1) is 10.4. The molecule has 1 aromatic heterocycles. The maximum absolute atomic E-state index is 13.1. The topological polar surface area (TPSA) is 55.1 Å². The van der Waals surface area contributed by atoms with Gasteiger partial charge in [-0.15, -0.1) is 0 Å². The second-order valence-corrected chi connectivity index (χ2v) is 5.25. The first-order valence-electron chi connectivity index (χ1n) is 6.84. The first-order valence-corrected chi connectivity index (χ1v) is 6.84. The third-order valence-electron chi connectivity index (χ3n) is 3.82. The summed E-state index contributed by atoms with van der Waals surface area (Å²) in [6, 6.07) is 5.19. The van der Waals surface area contributed by atoms with Crippen molar-refractivity contribution in [3.63, 3.8) is 0 Å². The number of imidazole rings is 1. The van der Waals surface area contributed by atoms with Crippen LogP contribution in [-0.4, -0.2) is 20.6 Å². The number of nitrogens with zero attached hydrogens (tertiary/aromatic N) is 2. The Kier molecular flexibility index (Phi) is 3.42. The quantitative estimate of drug-likeness (QED) is 0.923. The number of fused-ring (bicyclic) bond motifs is 1. The van der Waals surface area contributed by atoms with Crippen LogP contribution in [0.15, 0.2) is 30.5 Å². The average molecular weight is 310 g/mol. The van der Waals surface area contributed by atoms with Crippen molar-refractivity contribution in [3.8, 4) is 11.3 Å². The van der Waals surface area contributed by atoms with Crippen LogP contribution in [0, 0.1) is 0 Å². The van der Waals surface area contributed by atoms with Gasteiger partial charge in [-0.05, 0) is 18.9 Å². The van der Waals surface area contributed by atoms with E-state index >= 15 is 0 Å². The molecule has 0 saturated heterocycles. The predicted octanol–water partition coefficient (Wildman–Crippen LogP) is 3.53. The highest BCUT2D eigenvalue weighted by atomic mass is 19.4. The Labute approximate surface area is 124 Å². The van der Waals surface area contributed by atoms with Crippen molar-refractivity contribution in [3.05, 3.63) is 41.9 Å². The molecule has 22 heavy (non-hydrogen) atoms. The number of hydrogen-bond acceptors (Lipinski definition) is 2. The van der Waals surface area contributed by atoms with Crippen molar-refractivity contribution in [1.82, 2.24) is 9.55 Å². The summed E-state index contributed by atoms with van der Waals surface area (Å²) in [4.78, 5) is 15.4. The molecule has 1 N–H and O–H groups in total. The van der Waals surface area contributed by atoms with Gasteiger partial charge in [0.2, 0.25) is 0 Å². The van der Waals surface area contributed by atoms with Crippen LogP contribution in [0.3, 0.4) is 0 Å². The second kappa shape index (κ2) is 5.15. The van der Waals surface area contributed by atoms with Crippen LogP contribution in [0.4, 0.5) is 13.2 Å². The van der Waals surface area contributed by atoms with E-state index in [-0.39, 0.29) is 11.3 Å². The fraction of sp³-hybridized carbons (Fsp3) is 0.333. The summed E-state index contributed by atoms with van der Waals surface area (Å²) in [5, 5.41) is 9.22. The van der Waals surface area contributed by atoms with Crippen LogP contribution < -0.4 is 0 Å². The summed E-state index contributed by atoms with van der Waals surface area (Å²) in [6.45, 7) is 0.570. The molecule has 0 amide bonds. The van der Waals surface area contributed by atoms with Gasteiger partial charge in [-0.3, -0.25) is 4.79 Å². The number of rotatable bonds is 2. The van der Waals surface area contributed by atoms with Crippen molar-refractivity contribution in [2.45, 2.75) is 31.5 Å². The minimum absolute atomic E-state index is 0.0268. The molecular formula is C15H13F3N2O2.